The highest BCUT2D eigenvalue weighted by Crippen LogP contribution is 2.46. The second-order valence-corrected chi connectivity index (χ2v) is 9.43. The third kappa shape index (κ3) is 6.19. The number of rotatable bonds is 13. The van der Waals surface area contributed by atoms with Gasteiger partial charge in [0.25, 0.3) is 0 Å². The predicted octanol–water partition coefficient (Wildman–Crippen LogP) is 4.80. The van der Waals surface area contributed by atoms with Crippen LogP contribution in [0.2, 0.25) is 0 Å². The maximum absolute atomic E-state index is 13.1. The Kier molecular flexibility index (Phi) is 9.81. The molecule has 0 amide bonds. The van der Waals surface area contributed by atoms with Crippen LogP contribution in [-0.4, -0.2) is 47.1 Å². The van der Waals surface area contributed by atoms with Gasteiger partial charge in [-0.15, -0.1) is 0 Å². The fraction of sp³-hybridized carbons (Fsp3) is 0.917. The molecule has 1 rings (SSSR count). The largest absolute Gasteiger partial charge is 0.461 e. The second kappa shape index (κ2) is 10.9. The van der Waals surface area contributed by atoms with Gasteiger partial charge in [0.1, 0.15) is 17.1 Å². The van der Waals surface area contributed by atoms with Crippen LogP contribution in [0.25, 0.3) is 0 Å². The molecule has 30 heavy (non-hydrogen) atoms. The number of ether oxygens (including phenoxy) is 3. The van der Waals surface area contributed by atoms with Gasteiger partial charge in [-0.25, -0.2) is 0 Å². The van der Waals surface area contributed by atoms with Crippen molar-refractivity contribution in [3.8, 4) is 0 Å². The molecule has 6 nitrogen and oxygen atoms in total. The Bertz CT molecular complexity index is 568. The first kappa shape index (κ1) is 26.9. The molecule has 1 aliphatic carbocycles. The Hall–Kier alpha value is -1.14. The summed E-state index contributed by atoms with van der Waals surface area (Å²) in [6.45, 7) is 15.6. The fourth-order valence-electron chi connectivity index (χ4n) is 3.60. The predicted molar refractivity (Wildman–Crippen MR) is 117 cm³/mol. The number of hydrogen-bond donors (Lipinski definition) is 1. The number of esters is 2. The van der Waals surface area contributed by atoms with Gasteiger partial charge in [0, 0.05) is 6.42 Å². The van der Waals surface area contributed by atoms with Crippen LogP contribution in [-0.2, 0) is 23.8 Å². The van der Waals surface area contributed by atoms with Crippen molar-refractivity contribution in [1.82, 2.24) is 0 Å². The van der Waals surface area contributed by atoms with Crippen molar-refractivity contribution >= 4 is 11.9 Å². The number of carbonyl (C=O) groups excluding carboxylic acids is 2. The maximum atomic E-state index is 13.1. The van der Waals surface area contributed by atoms with Crippen LogP contribution < -0.4 is 0 Å². The van der Waals surface area contributed by atoms with Crippen molar-refractivity contribution in [2.75, 3.05) is 6.61 Å². The molecule has 5 atom stereocenters. The molecule has 0 aromatic rings. The molecule has 6 heteroatoms. The fourth-order valence-corrected chi connectivity index (χ4v) is 3.60. The van der Waals surface area contributed by atoms with Crippen molar-refractivity contribution in [2.24, 2.45) is 11.3 Å². The summed E-state index contributed by atoms with van der Waals surface area (Å²) in [5.74, 6) is -1.44. The normalized spacial score (nSPS) is 25.6. The van der Waals surface area contributed by atoms with E-state index in [1.165, 1.54) is 0 Å². The van der Waals surface area contributed by atoms with Gasteiger partial charge in [-0.2, -0.15) is 0 Å². The molecule has 0 radical (unpaired) electrons. The molecular formula is C24H44O6. The lowest BCUT2D eigenvalue weighted by molar-refractivity contribution is -0.203. The standard InChI is InChI=1S/C24H44O6/c1-9-17(5)28-16-15-24(11-3,12-4)30-21(26)22(7)14-13-19(22)29-20(25)18(6)23(8,27)10-2/h17-19,27H,9-16H2,1-8H3/t17-,18?,19?,22?,23?/m1/s1. The zero-order valence-electron chi connectivity index (χ0n) is 20.4. The molecule has 0 heterocycles. The second-order valence-electron chi connectivity index (χ2n) is 9.43. The van der Waals surface area contributed by atoms with Crippen molar-refractivity contribution in [2.45, 2.75) is 124 Å². The van der Waals surface area contributed by atoms with Gasteiger partial charge < -0.3 is 19.3 Å². The molecule has 0 aromatic carbocycles. The van der Waals surface area contributed by atoms with Gasteiger partial charge in [-0.05, 0) is 66.2 Å². The smallest absolute Gasteiger partial charge is 0.316 e. The third-order valence-corrected chi connectivity index (χ3v) is 7.50. The van der Waals surface area contributed by atoms with E-state index in [0.29, 0.717) is 45.1 Å². The summed E-state index contributed by atoms with van der Waals surface area (Å²) >= 11 is 0. The summed E-state index contributed by atoms with van der Waals surface area (Å²) in [4.78, 5) is 25.7. The lowest BCUT2D eigenvalue weighted by Gasteiger charge is -2.46. The molecule has 1 saturated carbocycles. The zero-order chi connectivity index (χ0) is 23.2. The minimum Gasteiger partial charge on any atom is -0.461 e. The molecule has 1 aliphatic rings. The molecule has 0 saturated heterocycles. The Morgan fingerprint density at radius 2 is 1.73 bits per heavy atom. The lowest BCUT2D eigenvalue weighted by atomic mass is 9.67. The van der Waals surface area contributed by atoms with E-state index in [1.54, 1.807) is 13.8 Å². The van der Waals surface area contributed by atoms with Gasteiger partial charge in [-0.3, -0.25) is 9.59 Å². The van der Waals surface area contributed by atoms with E-state index < -0.39 is 34.6 Å². The molecule has 1 fully saturated rings. The van der Waals surface area contributed by atoms with Crippen molar-refractivity contribution < 1.29 is 28.9 Å². The summed E-state index contributed by atoms with van der Waals surface area (Å²) < 4.78 is 17.5. The Labute approximate surface area is 183 Å². The summed E-state index contributed by atoms with van der Waals surface area (Å²) in [5, 5.41) is 10.4. The van der Waals surface area contributed by atoms with Crippen molar-refractivity contribution in [3.63, 3.8) is 0 Å². The van der Waals surface area contributed by atoms with E-state index in [9.17, 15) is 14.7 Å². The molecule has 176 valence electrons. The van der Waals surface area contributed by atoms with Crippen LogP contribution in [0.1, 0.15) is 100 Å². The molecule has 4 unspecified atom stereocenters. The minimum atomic E-state index is -1.13. The van der Waals surface area contributed by atoms with E-state index in [-0.39, 0.29) is 12.1 Å². The summed E-state index contributed by atoms with van der Waals surface area (Å²) in [7, 11) is 0. The van der Waals surface area contributed by atoms with Gasteiger partial charge in [0.2, 0.25) is 0 Å². The molecule has 0 aliphatic heterocycles. The molecule has 0 aromatic heterocycles. The van der Waals surface area contributed by atoms with Gasteiger partial charge >= 0.3 is 11.9 Å². The Morgan fingerprint density at radius 1 is 1.13 bits per heavy atom. The van der Waals surface area contributed by atoms with Gasteiger partial charge in [0.15, 0.2) is 0 Å². The van der Waals surface area contributed by atoms with E-state index in [2.05, 4.69) is 6.92 Å². The van der Waals surface area contributed by atoms with Gasteiger partial charge in [-0.1, -0.05) is 27.7 Å². The zero-order valence-corrected chi connectivity index (χ0v) is 20.4. The van der Waals surface area contributed by atoms with E-state index in [4.69, 9.17) is 14.2 Å². The SMILES string of the molecule is CC[C@@H](C)OCCC(CC)(CC)OC(=O)C1(C)CCC1OC(=O)C(C)C(C)(O)CC. The van der Waals surface area contributed by atoms with Crippen LogP contribution >= 0.6 is 0 Å². The molecular weight excluding hydrogens is 384 g/mol. The summed E-state index contributed by atoms with van der Waals surface area (Å²) in [6.07, 6.45) is 4.36. The average Bonchev–Trinajstić information content (AvgIpc) is 2.73. The Balaban J connectivity index is 2.78. The number of aliphatic hydroxyl groups is 1. The highest BCUT2D eigenvalue weighted by atomic mass is 16.6. The van der Waals surface area contributed by atoms with Crippen LogP contribution in [0.5, 0.6) is 0 Å². The van der Waals surface area contributed by atoms with Crippen LogP contribution in [0.3, 0.4) is 0 Å². The lowest BCUT2D eigenvalue weighted by Crippen LogP contribution is -2.54. The van der Waals surface area contributed by atoms with E-state index >= 15 is 0 Å². The van der Waals surface area contributed by atoms with Crippen molar-refractivity contribution in [3.05, 3.63) is 0 Å². The molecule has 0 spiro atoms. The van der Waals surface area contributed by atoms with Crippen LogP contribution in [0.4, 0.5) is 0 Å². The maximum Gasteiger partial charge on any atom is 0.316 e. The number of hydrogen-bond acceptors (Lipinski definition) is 6. The third-order valence-electron chi connectivity index (χ3n) is 7.50. The molecule has 0 bridgehead atoms. The highest BCUT2D eigenvalue weighted by molar-refractivity contribution is 5.80. The van der Waals surface area contributed by atoms with Crippen LogP contribution in [0.15, 0.2) is 0 Å². The minimum absolute atomic E-state index is 0.183. The first-order valence-corrected chi connectivity index (χ1v) is 11.7. The highest BCUT2D eigenvalue weighted by Gasteiger charge is 2.54. The first-order chi connectivity index (χ1) is 13.9. The molecule has 1 N–H and O–H groups in total. The first-order valence-electron chi connectivity index (χ1n) is 11.7. The number of carbonyl (C=O) groups is 2. The van der Waals surface area contributed by atoms with Gasteiger partial charge in [0.05, 0.1) is 24.2 Å². The average molecular weight is 429 g/mol. The van der Waals surface area contributed by atoms with Crippen molar-refractivity contribution in [1.29, 1.82) is 0 Å². The summed E-state index contributed by atoms with van der Waals surface area (Å²) in [6, 6.07) is 0. The van der Waals surface area contributed by atoms with E-state index in [1.807, 2.05) is 34.6 Å². The topological polar surface area (TPSA) is 82.1 Å². The Morgan fingerprint density at radius 3 is 2.17 bits per heavy atom. The quantitative estimate of drug-likeness (QED) is 0.424. The monoisotopic (exact) mass is 428 g/mol. The van der Waals surface area contributed by atoms with E-state index in [0.717, 1.165) is 6.42 Å². The van der Waals surface area contributed by atoms with Crippen LogP contribution in [0, 0.1) is 11.3 Å². The summed E-state index contributed by atoms with van der Waals surface area (Å²) in [5.41, 5.74) is -2.55.